The maximum absolute atomic E-state index is 12.0. The van der Waals surface area contributed by atoms with Gasteiger partial charge in [0.1, 0.15) is 0 Å². The molecule has 0 radical (unpaired) electrons. The van der Waals surface area contributed by atoms with E-state index in [0.717, 1.165) is 25.7 Å². The van der Waals surface area contributed by atoms with Crippen LogP contribution in [0.1, 0.15) is 25.7 Å². The quantitative estimate of drug-likeness (QED) is 0.761. The van der Waals surface area contributed by atoms with Crippen LogP contribution in [0.25, 0.3) is 0 Å². The van der Waals surface area contributed by atoms with Crippen LogP contribution in [0.3, 0.4) is 0 Å². The Hall–Kier alpha value is -1.79. The lowest BCUT2D eigenvalue weighted by Gasteiger charge is -2.17. The van der Waals surface area contributed by atoms with Crippen LogP contribution in [-0.4, -0.2) is 42.9 Å². The normalized spacial score (nSPS) is 14.2. The Labute approximate surface area is 156 Å². The Bertz CT molecular complexity index is 660. The third-order valence-electron chi connectivity index (χ3n) is 4.04. The number of carbonyl (C=O) groups is 3. The average Bonchev–Trinajstić information content (AvgIpc) is 3.10. The van der Waals surface area contributed by atoms with Crippen LogP contribution < -0.4 is 5.32 Å². The molecule has 1 fully saturated rings. The van der Waals surface area contributed by atoms with Crippen LogP contribution in [0.2, 0.25) is 10.0 Å². The Morgan fingerprint density at radius 1 is 1.20 bits per heavy atom. The van der Waals surface area contributed by atoms with E-state index in [9.17, 15) is 14.4 Å². The molecule has 2 amide bonds. The molecular weight excluding hydrogens is 367 g/mol. The molecule has 1 saturated carbocycles. The van der Waals surface area contributed by atoms with E-state index in [1.54, 1.807) is 12.1 Å². The van der Waals surface area contributed by atoms with E-state index in [4.69, 9.17) is 27.9 Å². The van der Waals surface area contributed by atoms with Gasteiger partial charge in [0.05, 0.1) is 22.5 Å². The number of likely N-dealkylation sites (N-methyl/N-ethyl adjacent to an activating group) is 1. The first-order valence-corrected chi connectivity index (χ1v) is 8.78. The van der Waals surface area contributed by atoms with Gasteiger partial charge in [-0.3, -0.25) is 14.4 Å². The smallest absolute Gasteiger partial charge is 0.309 e. The Morgan fingerprint density at radius 2 is 1.88 bits per heavy atom. The topological polar surface area (TPSA) is 75.7 Å². The molecule has 1 aromatic carbocycles. The molecule has 136 valence electrons. The van der Waals surface area contributed by atoms with Crippen LogP contribution in [0.4, 0.5) is 5.69 Å². The summed E-state index contributed by atoms with van der Waals surface area (Å²) in [5, 5.41) is 3.33. The van der Waals surface area contributed by atoms with Crippen molar-refractivity contribution in [1.82, 2.24) is 4.90 Å². The number of nitrogens with zero attached hydrogens (tertiary/aromatic N) is 1. The van der Waals surface area contributed by atoms with Crippen molar-refractivity contribution in [2.75, 3.05) is 25.5 Å². The van der Waals surface area contributed by atoms with Crippen LogP contribution >= 0.6 is 23.2 Å². The van der Waals surface area contributed by atoms with Crippen LogP contribution in [0, 0.1) is 5.92 Å². The van der Waals surface area contributed by atoms with E-state index in [1.165, 1.54) is 18.0 Å². The molecule has 0 bridgehead atoms. The number of halogens is 2. The zero-order valence-electron chi connectivity index (χ0n) is 13.9. The molecule has 0 aromatic heterocycles. The number of rotatable bonds is 6. The van der Waals surface area contributed by atoms with Gasteiger partial charge in [-0.1, -0.05) is 36.0 Å². The molecule has 0 spiro atoms. The molecule has 0 atom stereocenters. The van der Waals surface area contributed by atoms with Crippen molar-refractivity contribution >= 4 is 46.7 Å². The van der Waals surface area contributed by atoms with E-state index in [0.29, 0.717) is 15.7 Å². The molecule has 2 rings (SSSR count). The van der Waals surface area contributed by atoms with Gasteiger partial charge < -0.3 is 15.0 Å². The van der Waals surface area contributed by atoms with Gasteiger partial charge in [-0.15, -0.1) is 0 Å². The van der Waals surface area contributed by atoms with Crippen LogP contribution in [0.15, 0.2) is 18.2 Å². The molecule has 0 saturated heterocycles. The van der Waals surface area contributed by atoms with Gasteiger partial charge in [0, 0.05) is 12.7 Å². The second kappa shape index (κ2) is 9.06. The predicted octanol–water partition coefficient (Wildman–Crippen LogP) is 3.12. The second-order valence-corrected chi connectivity index (χ2v) is 6.83. The Balaban J connectivity index is 1.76. The van der Waals surface area contributed by atoms with E-state index in [-0.39, 0.29) is 25.0 Å². The average molecular weight is 387 g/mol. The number of anilines is 1. The fourth-order valence-corrected chi connectivity index (χ4v) is 2.90. The standard InChI is InChI=1S/C17H20Cl2N2O4/c1-21(16(23)10-25-17(24)11-4-2-3-5-11)9-15(22)20-12-6-7-13(18)14(19)8-12/h6-8,11H,2-5,9-10H2,1H3,(H,20,22). The number of benzene rings is 1. The number of esters is 1. The summed E-state index contributed by atoms with van der Waals surface area (Å²) in [6, 6.07) is 4.70. The SMILES string of the molecule is CN(CC(=O)Nc1ccc(Cl)c(Cl)c1)C(=O)COC(=O)C1CCCC1. The maximum Gasteiger partial charge on any atom is 0.309 e. The minimum Gasteiger partial charge on any atom is -0.455 e. The Morgan fingerprint density at radius 3 is 2.52 bits per heavy atom. The highest BCUT2D eigenvalue weighted by Crippen LogP contribution is 2.26. The molecule has 0 aliphatic heterocycles. The lowest BCUT2D eigenvalue weighted by atomic mass is 10.1. The highest BCUT2D eigenvalue weighted by molar-refractivity contribution is 6.42. The molecule has 0 heterocycles. The molecule has 1 aromatic rings. The number of hydrogen-bond acceptors (Lipinski definition) is 4. The number of amides is 2. The fourth-order valence-electron chi connectivity index (χ4n) is 2.60. The minimum atomic E-state index is -0.435. The summed E-state index contributed by atoms with van der Waals surface area (Å²) >= 11 is 11.7. The maximum atomic E-state index is 12.0. The number of ether oxygens (including phenoxy) is 1. The monoisotopic (exact) mass is 386 g/mol. The van der Waals surface area contributed by atoms with Gasteiger partial charge in [-0.25, -0.2) is 0 Å². The zero-order valence-corrected chi connectivity index (χ0v) is 15.4. The third-order valence-corrected chi connectivity index (χ3v) is 4.78. The lowest BCUT2D eigenvalue weighted by Crippen LogP contribution is -2.37. The van der Waals surface area contributed by atoms with Crippen molar-refractivity contribution in [3.8, 4) is 0 Å². The predicted molar refractivity (Wildman–Crippen MR) is 95.6 cm³/mol. The first kappa shape index (κ1) is 19.5. The molecule has 25 heavy (non-hydrogen) atoms. The summed E-state index contributed by atoms with van der Waals surface area (Å²) in [5.41, 5.74) is 0.480. The lowest BCUT2D eigenvalue weighted by molar-refractivity contribution is -0.155. The van der Waals surface area contributed by atoms with Crippen molar-refractivity contribution in [1.29, 1.82) is 0 Å². The van der Waals surface area contributed by atoms with E-state index in [1.807, 2.05) is 0 Å². The summed E-state index contributed by atoms with van der Waals surface area (Å²) in [6.07, 6.45) is 3.66. The highest BCUT2D eigenvalue weighted by atomic mass is 35.5. The van der Waals surface area contributed by atoms with Gasteiger partial charge >= 0.3 is 5.97 Å². The molecule has 0 unspecified atom stereocenters. The number of carbonyl (C=O) groups excluding carboxylic acids is 3. The van der Waals surface area contributed by atoms with Crippen molar-refractivity contribution in [2.24, 2.45) is 5.92 Å². The van der Waals surface area contributed by atoms with Gasteiger partial charge in [-0.2, -0.15) is 0 Å². The number of nitrogens with one attached hydrogen (secondary N) is 1. The minimum absolute atomic E-state index is 0.101. The second-order valence-electron chi connectivity index (χ2n) is 6.02. The summed E-state index contributed by atoms with van der Waals surface area (Å²) < 4.78 is 5.04. The van der Waals surface area contributed by atoms with Crippen LogP contribution in [0.5, 0.6) is 0 Å². The zero-order chi connectivity index (χ0) is 18.4. The third kappa shape index (κ3) is 5.90. The van der Waals surface area contributed by atoms with E-state index >= 15 is 0 Å². The molecule has 8 heteroatoms. The first-order valence-electron chi connectivity index (χ1n) is 8.02. The van der Waals surface area contributed by atoms with Crippen molar-refractivity contribution in [3.63, 3.8) is 0 Å². The van der Waals surface area contributed by atoms with Gasteiger partial charge in [-0.05, 0) is 31.0 Å². The van der Waals surface area contributed by atoms with Gasteiger partial charge in [0.2, 0.25) is 5.91 Å². The van der Waals surface area contributed by atoms with Crippen LogP contribution in [-0.2, 0) is 19.1 Å². The molecule has 1 N–H and O–H groups in total. The van der Waals surface area contributed by atoms with Gasteiger partial charge in [0.15, 0.2) is 6.61 Å². The molecule has 6 nitrogen and oxygen atoms in total. The first-order chi connectivity index (χ1) is 11.9. The summed E-state index contributed by atoms with van der Waals surface area (Å²) in [7, 11) is 1.47. The fraction of sp³-hybridized carbons (Fsp3) is 0.471. The molecule has 1 aliphatic carbocycles. The number of hydrogen-bond donors (Lipinski definition) is 1. The molecular formula is C17H20Cl2N2O4. The highest BCUT2D eigenvalue weighted by Gasteiger charge is 2.25. The largest absolute Gasteiger partial charge is 0.455 e. The van der Waals surface area contributed by atoms with E-state index in [2.05, 4.69) is 5.32 Å². The van der Waals surface area contributed by atoms with Crippen molar-refractivity contribution in [2.45, 2.75) is 25.7 Å². The summed E-state index contributed by atoms with van der Waals surface area (Å²) in [4.78, 5) is 37.0. The molecule has 1 aliphatic rings. The Kier molecular flexibility index (Phi) is 7.08. The summed E-state index contributed by atoms with van der Waals surface area (Å²) in [5.74, 6) is -1.26. The summed E-state index contributed by atoms with van der Waals surface area (Å²) in [6.45, 7) is -0.522. The van der Waals surface area contributed by atoms with E-state index < -0.39 is 11.8 Å². The van der Waals surface area contributed by atoms with Gasteiger partial charge in [0.25, 0.3) is 5.91 Å². The van der Waals surface area contributed by atoms with Crippen molar-refractivity contribution < 1.29 is 19.1 Å². The van der Waals surface area contributed by atoms with Crippen molar-refractivity contribution in [3.05, 3.63) is 28.2 Å².